The first kappa shape index (κ1) is 21.6. The van der Waals surface area contributed by atoms with Gasteiger partial charge in [-0.3, -0.25) is 19.4 Å². The summed E-state index contributed by atoms with van der Waals surface area (Å²) in [5, 5.41) is 2.48. The number of carbonyl (C=O) groups excluding carboxylic acids is 1. The van der Waals surface area contributed by atoms with Crippen molar-refractivity contribution >= 4 is 33.2 Å². The van der Waals surface area contributed by atoms with Crippen molar-refractivity contribution in [1.29, 1.82) is 0 Å². The van der Waals surface area contributed by atoms with Crippen LogP contribution < -0.4 is 22.1 Å². The molecule has 0 saturated carbocycles. The number of pyridine rings is 2. The van der Waals surface area contributed by atoms with E-state index in [0.29, 0.717) is 10.0 Å². The van der Waals surface area contributed by atoms with Crippen molar-refractivity contribution in [3.8, 4) is 0 Å². The second-order valence-electron chi connectivity index (χ2n) is 6.02. The number of anilines is 2. The van der Waals surface area contributed by atoms with Gasteiger partial charge in [-0.05, 0) is 29.8 Å². The van der Waals surface area contributed by atoms with Crippen molar-refractivity contribution in [2.75, 3.05) is 12.0 Å². The molecule has 0 atom stereocenters. The summed E-state index contributed by atoms with van der Waals surface area (Å²) in [5.74, 6) is -2.85. The van der Waals surface area contributed by atoms with Crippen molar-refractivity contribution in [2.45, 2.75) is 6.54 Å². The normalized spacial score (nSPS) is 10.7. The predicted molar refractivity (Wildman–Crippen MR) is 109 cm³/mol. The molecule has 0 aliphatic rings. The topological polar surface area (TPSA) is 111 Å². The molecule has 0 fully saturated rings. The van der Waals surface area contributed by atoms with Crippen molar-refractivity contribution < 1.29 is 18.4 Å². The van der Waals surface area contributed by atoms with Crippen LogP contribution in [0.4, 0.5) is 20.2 Å². The number of aromatic nitrogens is 2. The molecular formula is C19H16BrF2N5O3. The minimum Gasteiger partial charge on any atom is -0.350 e. The highest BCUT2D eigenvalue weighted by Crippen LogP contribution is 2.26. The Balaban J connectivity index is 2.08. The number of nitrogens with two attached hydrogens (primary N) is 1. The minimum absolute atomic E-state index is 0.0332. The van der Waals surface area contributed by atoms with E-state index in [0.717, 1.165) is 16.8 Å². The quantitative estimate of drug-likeness (QED) is 0.354. The summed E-state index contributed by atoms with van der Waals surface area (Å²) < 4.78 is 30.7. The predicted octanol–water partition coefficient (Wildman–Crippen LogP) is 2.65. The summed E-state index contributed by atoms with van der Waals surface area (Å²) in [5.41, 5.74) is 5.93. The average Bonchev–Trinajstić information content (AvgIpc) is 2.74. The summed E-state index contributed by atoms with van der Waals surface area (Å²) >= 11 is 3.12. The first-order valence-corrected chi connectivity index (χ1v) is 9.36. The lowest BCUT2D eigenvalue weighted by atomic mass is 10.1. The highest BCUT2D eigenvalue weighted by molar-refractivity contribution is 9.10. The van der Waals surface area contributed by atoms with Crippen LogP contribution in [0.25, 0.3) is 0 Å². The van der Waals surface area contributed by atoms with Crippen LogP contribution in [0.15, 0.2) is 58.2 Å². The molecule has 8 nitrogen and oxygen atoms in total. The van der Waals surface area contributed by atoms with Gasteiger partial charge in [0.05, 0.1) is 23.5 Å². The van der Waals surface area contributed by atoms with E-state index >= 15 is 4.39 Å². The zero-order valence-corrected chi connectivity index (χ0v) is 16.9. The van der Waals surface area contributed by atoms with Gasteiger partial charge in [-0.2, -0.15) is 4.39 Å². The molecule has 0 unspecified atom stereocenters. The Bertz CT molecular complexity index is 1130. The minimum atomic E-state index is -1.26. The van der Waals surface area contributed by atoms with Crippen molar-refractivity contribution in [1.82, 2.24) is 15.0 Å². The average molecular weight is 480 g/mol. The van der Waals surface area contributed by atoms with E-state index in [4.69, 9.17) is 5.73 Å². The summed E-state index contributed by atoms with van der Waals surface area (Å²) in [4.78, 5) is 33.7. The number of hydrogen-bond acceptors (Lipinski definition) is 6. The van der Waals surface area contributed by atoms with E-state index in [1.165, 1.54) is 18.3 Å². The van der Waals surface area contributed by atoms with Gasteiger partial charge in [0.25, 0.3) is 11.5 Å². The van der Waals surface area contributed by atoms with Crippen LogP contribution in [0.3, 0.4) is 0 Å². The molecule has 0 aliphatic heterocycles. The lowest BCUT2D eigenvalue weighted by molar-refractivity contribution is 0.0337. The van der Waals surface area contributed by atoms with Gasteiger partial charge in [-0.15, -0.1) is 0 Å². The summed E-state index contributed by atoms with van der Waals surface area (Å²) in [7, 11) is 0. The number of hydrogen-bond donors (Lipinski definition) is 3. The van der Waals surface area contributed by atoms with Crippen molar-refractivity contribution in [2.24, 2.45) is 5.73 Å². The zero-order valence-electron chi connectivity index (χ0n) is 15.4. The smallest absolute Gasteiger partial charge is 0.289 e. The van der Waals surface area contributed by atoms with E-state index in [1.54, 1.807) is 18.3 Å². The van der Waals surface area contributed by atoms with E-state index in [-0.39, 0.29) is 24.5 Å². The monoisotopic (exact) mass is 479 g/mol. The maximum atomic E-state index is 15.0. The molecule has 2 aromatic heterocycles. The number of halogens is 3. The molecule has 0 aliphatic carbocycles. The highest BCUT2D eigenvalue weighted by atomic mass is 79.9. The lowest BCUT2D eigenvalue weighted by Crippen LogP contribution is -2.32. The third kappa shape index (κ3) is 4.87. The molecule has 11 heteroatoms. The fraction of sp³-hybridized carbons (Fsp3) is 0.105. The lowest BCUT2D eigenvalue weighted by Gasteiger charge is -2.16. The Hall–Kier alpha value is -3.15. The molecule has 4 N–H and O–H groups in total. The summed E-state index contributed by atoms with van der Waals surface area (Å²) in [6.45, 7) is -0.359. The number of nitrogens with one attached hydrogen (secondary N) is 2. The third-order valence-electron chi connectivity index (χ3n) is 3.98. The number of hydroxylamine groups is 1. The van der Waals surface area contributed by atoms with Crippen LogP contribution in [0.5, 0.6) is 0 Å². The third-order valence-corrected chi connectivity index (χ3v) is 4.47. The second-order valence-corrected chi connectivity index (χ2v) is 6.93. The van der Waals surface area contributed by atoms with Gasteiger partial charge >= 0.3 is 0 Å². The van der Waals surface area contributed by atoms with Gasteiger partial charge in [0.1, 0.15) is 12.5 Å². The fourth-order valence-electron chi connectivity index (χ4n) is 2.62. The Morgan fingerprint density at radius 1 is 1.30 bits per heavy atom. The van der Waals surface area contributed by atoms with Crippen LogP contribution in [0.1, 0.15) is 15.9 Å². The number of amides is 1. The summed E-state index contributed by atoms with van der Waals surface area (Å²) in [6, 6.07) is 7.35. The molecule has 0 bridgehead atoms. The first-order chi connectivity index (χ1) is 14.4. The molecule has 1 aromatic carbocycles. The molecular weight excluding hydrogens is 464 g/mol. The van der Waals surface area contributed by atoms with E-state index in [2.05, 4.69) is 31.1 Å². The molecule has 0 radical (unpaired) electrons. The van der Waals surface area contributed by atoms with Crippen molar-refractivity contribution in [3.05, 3.63) is 86.5 Å². The zero-order chi connectivity index (χ0) is 21.7. The highest BCUT2D eigenvalue weighted by Gasteiger charge is 2.22. The number of rotatable bonds is 7. The maximum absolute atomic E-state index is 15.0. The van der Waals surface area contributed by atoms with Gasteiger partial charge in [-0.25, -0.2) is 9.87 Å². The first-order valence-electron chi connectivity index (χ1n) is 8.56. The van der Waals surface area contributed by atoms with Crippen LogP contribution in [0.2, 0.25) is 0 Å². The van der Waals surface area contributed by atoms with Crippen LogP contribution in [-0.4, -0.2) is 22.2 Å². The Morgan fingerprint density at radius 2 is 2.10 bits per heavy atom. The summed E-state index contributed by atoms with van der Waals surface area (Å²) in [6.07, 6.45) is 4.20. The van der Waals surface area contributed by atoms with Gasteiger partial charge in [-0.1, -0.05) is 22.0 Å². The SMILES string of the molecule is NCONC(=O)c1cn(Cc2cccnc2)c(=O)c(F)c1Nc1ccc(Br)cc1F. The Labute approximate surface area is 177 Å². The van der Waals surface area contributed by atoms with Crippen LogP contribution >= 0.6 is 15.9 Å². The Morgan fingerprint density at radius 3 is 2.77 bits per heavy atom. The molecule has 1 amide bonds. The van der Waals surface area contributed by atoms with Gasteiger partial charge in [0, 0.05) is 23.1 Å². The van der Waals surface area contributed by atoms with E-state index in [1.807, 2.05) is 5.48 Å². The molecule has 3 aromatic rings. The van der Waals surface area contributed by atoms with E-state index < -0.39 is 28.8 Å². The Kier molecular flexibility index (Phi) is 6.87. The standard InChI is InChI=1S/C19H16BrF2N5O3/c20-12-3-4-15(14(21)6-12)25-17-13(18(28)26-30-10-23)9-27(19(29)16(17)22)8-11-2-1-5-24-7-11/h1-7,9,25H,8,10,23H2,(H,26,28). The van der Waals surface area contributed by atoms with Crippen LogP contribution in [-0.2, 0) is 11.4 Å². The molecule has 156 valence electrons. The second kappa shape index (κ2) is 9.57. The van der Waals surface area contributed by atoms with Crippen LogP contribution in [0, 0.1) is 11.6 Å². The van der Waals surface area contributed by atoms with Gasteiger partial charge < -0.3 is 15.6 Å². The van der Waals surface area contributed by atoms with Crippen molar-refractivity contribution in [3.63, 3.8) is 0 Å². The maximum Gasteiger partial charge on any atom is 0.289 e. The number of carbonyl (C=O) groups is 1. The largest absolute Gasteiger partial charge is 0.350 e. The van der Waals surface area contributed by atoms with Gasteiger partial charge in [0.15, 0.2) is 0 Å². The number of nitrogens with zero attached hydrogens (tertiary/aromatic N) is 2. The number of benzene rings is 1. The molecule has 0 saturated heterocycles. The molecule has 30 heavy (non-hydrogen) atoms. The van der Waals surface area contributed by atoms with E-state index in [9.17, 15) is 14.0 Å². The molecule has 3 rings (SSSR count). The fourth-order valence-corrected chi connectivity index (χ4v) is 2.95. The van der Waals surface area contributed by atoms with Gasteiger partial charge in [0.2, 0.25) is 5.82 Å². The molecule has 0 spiro atoms. The molecule has 2 heterocycles.